The van der Waals surface area contributed by atoms with E-state index in [4.69, 9.17) is 21.1 Å². The standard InChI is InChI=1S/C15H12ClNO5/c1-9-3-6-13(14(7-9)21-2)22-15(18)10-4-5-11(16)12(8-10)17(19)20/h3-8H,1-2H3. The van der Waals surface area contributed by atoms with Gasteiger partial charge in [0.15, 0.2) is 11.5 Å². The second kappa shape index (κ2) is 6.44. The first kappa shape index (κ1) is 15.8. The number of ether oxygens (including phenoxy) is 2. The van der Waals surface area contributed by atoms with Gasteiger partial charge in [0.2, 0.25) is 0 Å². The number of hydrogen-bond acceptors (Lipinski definition) is 5. The summed E-state index contributed by atoms with van der Waals surface area (Å²) in [5, 5.41) is 10.8. The Balaban J connectivity index is 2.30. The molecule has 0 N–H and O–H groups in total. The van der Waals surface area contributed by atoms with Gasteiger partial charge in [-0.2, -0.15) is 0 Å². The van der Waals surface area contributed by atoms with Gasteiger partial charge >= 0.3 is 5.97 Å². The van der Waals surface area contributed by atoms with Crippen molar-refractivity contribution in [3.05, 3.63) is 62.7 Å². The Hall–Kier alpha value is -2.60. The molecule has 0 bridgehead atoms. The molecular weight excluding hydrogens is 310 g/mol. The maximum atomic E-state index is 12.1. The molecule has 0 aliphatic carbocycles. The van der Waals surface area contributed by atoms with Crippen LogP contribution in [0.1, 0.15) is 15.9 Å². The maximum Gasteiger partial charge on any atom is 0.343 e. The van der Waals surface area contributed by atoms with Crippen LogP contribution in [-0.4, -0.2) is 18.0 Å². The minimum Gasteiger partial charge on any atom is -0.493 e. The van der Waals surface area contributed by atoms with Crippen LogP contribution in [0.4, 0.5) is 5.69 Å². The van der Waals surface area contributed by atoms with Crippen LogP contribution in [0, 0.1) is 17.0 Å². The van der Waals surface area contributed by atoms with Gasteiger partial charge in [-0.15, -0.1) is 0 Å². The summed E-state index contributed by atoms with van der Waals surface area (Å²) < 4.78 is 10.4. The second-order valence-corrected chi connectivity index (χ2v) is 4.87. The van der Waals surface area contributed by atoms with Crippen molar-refractivity contribution in [3.8, 4) is 11.5 Å². The molecule has 0 fully saturated rings. The highest BCUT2D eigenvalue weighted by molar-refractivity contribution is 6.32. The highest BCUT2D eigenvalue weighted by Crippen LogP contribution is 2.30. The summed E-state index contributed by atoms with van der Waals surface area (Å²) in [6.45, 7) is 1.87. The van der Waals surface area contributed by atoms with Gasteiger partial charge in [-0.25, -0.2) is 4.79 Å². The van der Waals surface area contributed by atoms with Crippen LogP contribution in [-0.2, 0) is 0 Å². The SMILES string of the molecule is COc1cc(C)ccc1OC(=O)c1ccc(Cl)c([N+](=O)[O-])c1. The quantitative estimate of drug-likeness (QED) is 0.370. The van der Waals surface area contributed by atoms with Gasteiger partial charge in [0.25, 0.3) is 5.69 Å². The number of benzene rings is 2. The lowest BCUT2D eigenvalue weighted by Crippen LogP contribution is -2.09. The number of rotatable bonds is 4. The molecule has 0 atom stereocenters. The van der Waals surface area contributed by atoms with E-state index in [0.717, 1.165) is 11.6 Å². The molecular formula is C15H12ClNO5. The lowest BCUT2D eigenvalue weighted by atomic mass is 10.2. The van der Waals surface area contributed by atoms with Crippen LogP contribution < -0.4 is 9.47 Å². The van der Waals surface area contributed by atoms with Crippen LogP contribution in [0.3, 0.4) is 0 Å². The summed E-state index contributed by atoms with van der Waals surface area (Å²) in [5.74, 6) is -0.102. The molecule has 2 aromatic carbocycles. The molecule has 0 aromatic heterocycles. The Morgan fingerprint density at radius 1 is 1.18 bits per heavy atom. The monoisotopic (exact) mass is 321 g/mol. The smallest absolute Gasteiger partial charge is 0.343 e. The van der Waals surface area contributed by atoms with Crippen LogP contribution in [0.5, 0.6) is 11.5 Å². The largest absolute Gasteiger partial charge is 0.493 e. The van der Waals surface area contributed by atoms with Crippen LogP contribution in [0.25, 0.3) is 0 Å². The Morgan fingerprint density at radius 2 is 1.91 bits per heavy atom. The fraction of sp³-hybridized carbons (Fsp3) is 0.133. The van der Waals surface area contributed by atoms with E-state index in [1.807, 2.05) is 6.92 Å². The summed E-state index contributed by atoms with van der Waals surface area (Å²) >= 11 is 5.71. The Bertz CT molecular complexity index is 745. The van der Waals surface area contributed by atoms with Gasteiger partial charge in [-0.05, 0) is 36.8 Å². The summed E-state index contributed by atoms with van der Waals surface area (Å²) in [7, 11) is 1.46. The van der Waals surface area contributed by atoms with Crippen molar-refractivity contribution in [1.29, 1.82) is 0 Å². The van der Waals surface area contributed by atoms with Crippen LogP contribution in [0.15, 0.2) is 36.4 Å². The average molecular weight is 322 g/mol. The van der Waals surface area contributed by atoms with Crippen LogP contribution >= 0.6 is 11.6 Å². The lowest BCUT2D eigenvalue weighted by molar-refractivity contribution is -0.384. The zero-order chi connectivity index (χ0) is 16.3. The second-order valence-electron chi connectivity index (χ2n) is 4.47. The molecule has 0 aliphatic heterocycles. The number of methoxy groups -OCH3 is 1. The van der Waals surface area contributed by atoms with E-state index in [2.05, 4.69) is 0 Å². The molecule has 22 heavy (non-hydrogen) atoms. The summed E-state index contributed by atoms with van der Waals surface area (Å²) in [6.07, 6.45) is 0. The highest BCUT2D eigenvalue weighted by Gasteiger charge is 2.18. The zero-order valence-corrected chi connectivity index (χ0v) is 12.6. The first-order chi connectivity index (χ1) is 10.4. The minimum atomic E-state index is -0.734. The molecule has 0 amide bonds. The maximum absolute atomic E-state index is 12.1. The van der Waals surface area contributed by atoms with Gasteiger partial charge in [0.1, 0.15) is 5.02 Å². The van der Waals surface area contributed by atoms with E-state index in [9.17, 15) is 14.9 Å². The number of aryl methyl sites for hydroxylation is 1. The van der Waals surface area contributed by atoms with Gasteiger partial charge in [0, 0.05) is 6.07 Å². The van der Waals surface area contributed by atoms with E-state index < -0.39 is 10.9 Å². The van der Waals surface area contributed by atoms with Crippen LogP contribution in [0.2, 0.25) is 5.02 Å². The predicted molar refractivity (Wildman–Crippen MR) is 80.8 cm³/mol. The van der Waals surface area contributed by atoms with E-state index in [1.54, 1.807) is 18.2 Å². The van der Waals surface area contributed by atoms with E-state index in [1.165, 1.54) is 19.2 Å². The Labute approximate surface area is 131 Å². The van der Waals surface area contributed by atoms with Crippen molar-refractivity contribution in [1.82, 2.24) is 0 Å². The average Bonchev–Trinajstić information content (AvgIpc) is 2.49. The molecule has 0 heterocycles. The molecule has 0 radical (unpaired) electrons. The Morgan fingerprint density at radius 3 is 2.55 bits per heavy atom. The number of nitrogens with zero attached hydrogens (tertiary/aromatic N) is 1. The first-order valence-corrected chi connectivity index (χ1v) is 6.61. The fourth-order valence-corrected chi connectivity index (χ4v) is 1.98. The van der Waals surface area contributed by atoms with Gasteiger partial charge in [-0.1, -0.05) is 17.7 Å². The number of nitro groups is 1. The van der Waals surface area contributed by atoms with Crippen molar-refractivity contribution >= 4 is 23.3 Å². The lowest BCUT2D eigenvalue weighted by Gasteiger charge is -2.10. The van der Waals surface area contributed by atoms with Gasteiger partial charge in [-0.3, -0.25) is 10.1 Å². The third kappa shape index (κ3) is 3.35. The molecule has 0 unspecified atom stereocenters. The molecule has 2 rings (SSSR count). The molecule has 6 nitrogen and oxygen atoms in total. The van der Waals surface area contributed by atoms with Crippen molar-refractivity contribution in [3.63, 3.8) is 0 Å². The molecule has 0 spiro atoms. The van der Waals surface area contributed by atoms with Crippen molar-refractivity contribution in [2.45, 2.75) is 6.92 Å². The van der Waals surface area contributed by atoms with E-state index >= 15 is 0 Å². The summed E-state index contributed by atoms with van der Waals surface area (Å²) in [6, 6.07) is 8.78. The van der Waals surface area contributed by atoms with E-state index in [-0.39, 0.29) is 22.0 Å². The zero-order valence-electron chi connectivity index (χ0n) is 11.8. The van der Waals surface area contributed by atoms with Crippen molar-refractivity contribution < 1.29 is 19.2 Å². The van der Waals surface area contributed by atoms with Gasteiger partial charge in [0.05, 0.1) is 17.6 Å². The Kier molecular flexibility index (Phi) is 4.62. The number of halogens is 1. The molecule has 0 aliphatic rings. The number of esters is 1. The topological polar surface area (TPSA) is 78.7 Å². The number of carbonyl (C=O) groups excluding carboxylic acids is 1. The number of hydrogen-bond donors (Lipinski definition) is 0. The first-order valence-electron chi connectivity index (χ1n) is 6.23. The molecule has 0 saturated carbocycles. The molecule has 2 aromatic rings. The van der Waals surface area contributed by atoms with Crippen molar-refractivity contribution in [2.75, 3.05) is 7.11 Å². The third-order valence-corrected chi connectivity index (χ3v) is 3.22. The minimum absolute atomic E-state index is 0.0266. The highest BCUT2D eigenvalue weighted by atomic mass is 35.5. The normalized spacial score (nSPS) is 10.1. The summed E-state index contributed by atoms with van der Waals surface area (Å²) in [4.78, 5) is 22.3. The summed E-state index contributed by atoms with van der Waals surface area (Å²) in [5.41, 5.74) is 0.615. The van der Waals surface area contributed by atoms with Crippen molar-refractivity contribution in [2.24, 2.45) is 0 Å². The molecule has 114 valence electrons. The molecule has 7 heteroatoms. The third-order valence-electron chi connectivity index (χ3n) is 2.90. The number of carbonyl (C=O) groups is 1. The van der Waals surface area contributed by atoms with E-state index in [0.29, 0.717) is 5.75 Å². The van der Waals surface area contributed by atoms with Gasteiger partial charge < -0.3 is 9.47 Å². The number of nitro benzene ring substituents is 1. The predicted octanol–water partition coefficient (Wildman–Crippen LogP) is 3.78. The fourth-order valence-electron chi connectivity index (χ4n) is 1.80. The molecule has 0 saturated heterocycles.